The quantitative estimate of drug-likeness (QED) is 0.295. The van der Waals surface area contributed by atoms with E-state index in [2.05, 4.69) is 17.1 Å². The number of rotatable bonds is 3. The SMILES string of the molecule is Cn1c(-c2cccc3c2[n-]c2ccccc23)nc2c(-c3cccc(C(=O)O)n3)cccc21.[Pt]. The van der Waals surface area contributed by atoms with E-state index in [0.717, 1.165) is 49.8 Å². The molecule has 6 nitrogen and oxygen atoms in total. The topological polar surface area (TPSA) is 82.1 Å². The van der Waals surface area contributed by atoms with Crippen LogP contribution in [0.3, 0.4) is 0 Å². The third-order valence-corrected chi connectivity index (χ3v) is 5.86. The number of nitrogens with zero attached hydrogens (tertiary/aromatic N) is 4. The summed E-state index contributed by atoms with van der Waals surface area (Å²) < 4.78 is 2.05. The third-order valence-electron chi connectivity index (χ3n) is 5.86. The predicted molar refractivity (Wildman–Crippen MR) is 125 cm³/mol. The summed E-state index contributed by atoms with van der Waals surface area (Å²) in [7, 11) is 1.98. The second kappa shape index (κ2) is 7.98. The molecular weight excluding hydrogens is 595 g/mol. The van der Waals surface area contributed by atoms with Crippen LogP contribution in [0.25, 0.3) is 55.5 Å². The summed E-state index contributed by atoms with van der Waals surface area (Å²) >= 11 is 0. The smallest absolute Gasteiger partial charge is 0.354 e. The fourth-order valence-corrected chi connectivity index (χ4v) is 4.35. The van der Waals surface area contributed by atoms with Crippen LogP contribution in [0.4, 0.5) is 0 Å². The van der Waals surface area contributed by atoms with Gasteiger partial charge in [-0.2, -0.15) is 0 Å². The molecule has 3 aromatic carbocycles. The van der Waals surface area contributed by atoms with Gasteiger partial charge in [-0.3, -0.25) is 0 Å². The van der Waals surface area contributed by atoms with E-state index in [9.17, 15) is 9.90 Å². The minimum atomic E-state index is -1.05. The van der Waals surface area contributed by atoms with E-state index < -0.39 is 5.97 Å². The summed E-state index contributed by atoms with van der Waals surface area (Å²) in [5, 5.41) is 11.6. The Labute approximate surface area is 203 Å². The number of carbonyl (C=O) groups is 1. The van der Waals surface area contributed by atoms with Crippen molar-refractivity contribution < 1.29 is 31.0 Å². The Bertz CT molecular complexity index is 1680. The summed E-state index contributed by atoms with van der Waals surface area (Å²) in [6.07, 6.45) is 0. The molecule has 6 rings (SSSR count). The molecule has 0 aliphatic rings. The molecule has 0 radical (unpaired) electrons. The molecule has 3 aromatic heterocycles. The summed E-state index contributed by atoms with van der Waals surface area (Å²) in [4.78, 5) is 25.6. The van der Waals surface area contributed by atoms with Crippen LogP contribution in [-0.2, 0) is 28.1 Å². The van der Waals surface area contributed by atoms with Crippen LogP contribution >= 0.6 is 0 Å². The van der Waals surface area contributed by atoms with Crippen molar-refractivity contribution in [3.05, 3.63) is 84.6 Å². The first-order valence-electron chi connectivity index (χ1n) is 10.2. The molecule has 6 aromatic rings. The van der Waals surface area contributed by atoms with Gasteiger partial charge in [0.25, 0.3) is 0 Å². The molecule has 0 bridgehead atoms. The van der Waals surface area contributed by atoms with Gasteiger partial charge in [-0.15, -0.1) is 11.0 Å². The largest absolute Gasteiger partial charge is 0.656 e. The van der Waals surface area contributed by atoms with Gasteiger partial charge in [-0.25, -0.2) is 14.8 Å². The van der Waals surface area contributed by atoms with Crippen molar-refractivity contribution in [2.45, 2.75) is 0 Å². The number of aryl methyl sites for hydroxylation is 1. The van der Waals surface area contributed by atoms with Gasteiger partial charge in [0, 0.05) is 39.2 Å². The van der Waals surface area contributed by atoms with Crippen molar-refractivity contribution in [2.75, 3.05) is 0 Å². The molecule has 0 fully saturated rings. The number of imidazole rings is 1. The summed E-state index contributed by atoms with van der Waals surface area (Å²) in [5.41, 5.74) is 5.92. The number of hydrogen-bond donors (Lipinski definition) is 1. The van der Waals surface area contributed by atoms with E-state index in [1.807, 2.05) is 66.2 Å². The summed E-state index contributed by atoms with van der Waals surface area (Å²) in [6.45, 7) is 0. The maximum absolute atomic E-state index is 11.4. The number of fused-ring (bicyclic) bond motifs is 4. The van der Waals surface area contributed by atoms with Gasteiger partial charge in [-0.05, 0) is 29.0 Å². The molecule has 164 valence electrons. The monoisotopic (exact) mass is 612 g/mol. The minimum absolute atomic E-state index is 0. The van der Waals surface area contributed by atoms with Crippen molar-refractivity contribution in [3.8, 4) is 22.6 Å². The van der Waals surface area contributed by atoms with E-state index in [4.69, 9.17) is 9.97 Å². The van der Waals surface area contributed by atoms with Crippen molar-refractivity contribution in [2.24, 2.45) is 7.05 Å². The van der Waals surface area contributed by atoms with E-state index >= 15 is 0 Å². The van der Waals surface area contributed by atoms with Crippen molar-refractivity contribution in [1.29, 1.82) is 0 Å². The molecule has 0 unspecified atom stereocenters. The van der Waals surface area contributed by atoms with Gasteiger partial charge in [0.05, 0.1) is 16.7 Å². The average Bonchev–Trinajstić information content (AvgIpc) is 3.37. The second-order valence-electron chi connectivity index (χ2n) is 7.71. The fourth-order valence-electron chi connectivity index (χ4n) is 4.35. The number of aromatic nitrogens is 4. The molecule has 3 heterocycles. The summed E-state index contributed by atoms with van der Waals surface area (Å²) in [5.74, 6) is -0.253. The molecule has 0 atom stereocenters. The zero-order chi connectivity index (χ0) is 21.8. The van der Waals surface area contributed by atoms with Crippen molar-refractivity contribution in [3.63, 3.8) is 0 Å². The molecule has 0 saturated heterocycles. The fraction of sp³-hybridized carbons (Fsp3) is 0.0385. The van der Waals surface area contributed by atoms with Gasteiger partial charge in [-0.1, -0.05) is 60.7 Å². The zero-order valence-corrected chi connectivity index (χ0v) is 19.7. The molecule has 0 spiro atoms. The maximum atomic E-state index is 11.4. The first-order valence-corrected chi connectivity index (χ1v) is 10.2. The Morgan fingerprint density at radius 1 is 0.848 bits per heavy atom. The predicted octanol–water partition coefficient (Wildman–Crippen LogP) is 5.26. The standard InChI is InChI=1S/C26H18N4O2.Pt/c1-30-22-14-5-9-17(20-12-6-13-21(27-20)26(31)32)24(22)29-25(30)18-10-4-8-16-15-7-2-3-11-19(15)28-23(16)18;/h2-14H,1H3,(H2,27,28,29,31,32);/p-1. The van der Waals surface area contributed by atoms with E-state index in [1.165, 1.54) is 6.07 Å². The van der Waals surface area contributed by atoms with E-state index in [1.54, 1.807) is 6.07 Å². The Morgan fingerprint density at radius 2 is 1.58 bits per heavy atom. The molecule has 33 heavy (non-hydrogen) atoms. The normalized spacial score (nSPS) is 11.2. The van der Waals surface area contributed by atoms with Crippen molar-refractivity contribution >= 4 is 38.8 Å². The second-order valence-corrected chi connectivity index (χ2v) is 7.71. The van der Waals surface area contributed by atoms with Crippen molar-refractivity contribution in [1.82, 2.24) is 19.5 Å². The van der Waals surface area contributed by atoms with Crippen LogP contribution in [0.1, 0.15) is 10.5 Å². The number of carboxylic acid groups (broad SMARTS) is 1. The average molecular weight is 613 g/mol. The molecule has 0 saturated carbocycles. The molecular formula is C26H17N4O2Pt-. The third kappa shape index (κ3) is 3.26. The number of hydrogen-bond acceptors (Lipinski definition) is 3. The van der Waals surface area contributed by atoms with Gasteiger partial charge < -0.3 is 14.7 Å². The number of pyridine rings is 1. The van der Waals surface area contributed by atoms with Gasteiger partial charge >= 0.3 is 5.97 Å². The molecule has 7 heteroatoms. The van der Waals surface area contributed by atoms with Crippen LogP contribution in [0.15, 0.2) is 78.9 Å². The summed E-state index contributed by atoms with van der Waals surface area (Å²) in [6, 6.07) is 25.1. The first kappa shape index (κ1) is 21.1. The molecule has 0 aliphatic heterocycles. The zero-order valence-electron chi connectivity index (χ0n) is 17.5. The maximum Gasteiger partial charge on any atom is 0.354 e. The number of carboxylic acids is 1. The Balaban J connectivity index is 0.00000228. The first-order chi connectivity index (χ1) is 15.6. The van der Waals surface area contributed by atoms with Gasteiger partial charge in [0.2, 0.25) is 0 Å². The molecule has 0 amide bonds. The van der Waals surface area contributed by atoms with Crippen LogP contribution in [-0.4, -0.2) is 25.6 Å². The Kier molecular flexibility index (Phi) is 5.10. The van der Waals surface area contributed by atoms with Crippen LogP contribution < -0.4 is 4.98 Å². The number of benzene rings is 3. The number of para-hydroxylation sites is 3. The van der Waals surface area contributed by atoms with E-state index in [-0.39, 0.29) is 26.8 Å². The van der Waals surface area contributed by atoms with Crippen LogP contribution in [0.2, 0.25) is 0 Å². The van der Waals surface area contributed by atoms with Gasteiger partial charge in [0.1, 0.15) is 11.5 Å². The van der Waals surface area contributed by atoms with Gasteiger partial charge in [0.15, 0.2) is 0 Å². The van der Waals surface area contributed by atoms with Crippen LogP contribution in [0.5, 0.6) is 0 Å². The molecule has 0 aliphatic carbocycles. The van der Waals surface area contributed by atoms with E-state index in [0.29, 0.717) is 5.69 Å². The van der Waals surface area contributed by atoms with Crippen LogP contribution in [0, 0.1) is 0 Å². The Morgan fingerprint density at radius 3 is 2.42 bits per heavy atom. The Hall–Kier alpha value is -3.76. The minimum Gasteiger partial charge on any atom is -0.656 e. The number of aromatic carboxylic acids is 1. The molecule has 1 N–H and O–H groups in total.